The van der Waals surface area contributed by atoms with Crippen molar-refractivity contribution >= 4 is 10.0 Å². The quantitative estimate of drug-likeness (QED) is 0.878. The number of hydrogen-bond acceptors (Lipinski definition) is 3. The summed E-state index contributed by atoms with van der Waals surface area (Å²) in [4.78, 5) is 0.120. The molecule has 0 saturated heterocycles. The van der Waals surface area contributed by atoms with Crippen molar-refractivity contribution in [2.45, 2.75) is 43.9 Å². The maximum absolute atomic E-state index is 12.1. The van der Waals surface area contributed by atoms with Crippen LogP contribution in [0.4, 0.5) is 0 Å². The zero-order valence-electron chi connectivity index (χ0n) is 11.9. The van der Waals surface area contributed by atoms with Gasteiger partial charge in [-0.15, -0.1) is 0 Å². The van der Waals surface area contributed by atoms with Crippen molar-refractivity contribution in [3.63, 3.8) is 0 Å². The normalized spacial score (nSPS) is 23.6. The monoisotopic (exact) mass is 297 g/mol. The van der Waals surface area contributed by atoms with E-state index < -0.39 is 10.0 Å². The summed E-state index contributed by atoms with van der Waals surface area (Å²) in [6, 6.07) is 5.75. The lowest BCUT2D eigenvalue weighted by Gasteiger charge is -2.26. The summed E-state index contributed by atoms with van der Waals surface area (Å²) in [5.41, 5.74) is 0. The van der Waals surface area contributed by atoms with E-state index in [0.717, 1.165) is 12.3 Å². The SMILES string of the molecule is CC1CCC(CCNS(=O)(=O)c2cccc(O)c2)CC1. The Labute approximate surface area is 121 Å². The molecule has 20 heavy (non-hydrogen) atoms. The number of nitrogens with one attached hydrogen (secondary N) is 1. The first-order valence-electron chi connectivity index (χ1n) is 7.26. The molecule has 0 heterocycles. The van der Waals surface area contributed by atoms with Crippen molar-refractivity contribution in [3.05, 3.63) is 24.3 Å². The Morgan fingerprint density at radius 1 is 1.25 bits per heavy atom. The molecular formula is C15H23NO3S. The van der Waals surface area contributed by atoms with Crippen LogP contribution in [0.1, 0.15) is 39.0 Å². The van der Waals surface area contributed by atoms with E-state index in [1.807, 2.05) is 0 Å². The highest BCUT2D eigenvalue weighted by Gasteiger charge is 2.19. The smallest absolute Gasteiger partial charge is 0.240 e. The third-order valence-corrected chi connectivity index (χ3v) is 5.57. The van der Waals surface area contributed by atoms with E-state index in [-0.39, 0.29) is 10.6 Å². The number of hydrogen-bond donors (Lipinski definition) is 2. The fourth-order valence-electron chi connectivity index (χ4n) is 2.75. The average Bonchev–Trinajstić information content (AvgIpc) is 2.41. The summed E-state index contributed by atoms with van der Waals surface area (Å²) in [6.07, 6.45) is 5.81. The molecule has 112 valence electrons. The predicted octanol–water partition coefficient (Wildman–Crippen LogP) is 2.89. The Kier molecular flexibility index (Phi) is 5.05. The van der Waals surface area contributed by atoms with Crippen LogP contribution in [0.2, 0.25) is 0 Å². The lowest BCUT2D eigenvalue weighted by molar-refractivity contribution is 0.278. The van der Waals surface area contributed by atoms with Gasteiger partial charge in [0.2, 0.25) is 10.0 Å². The van der Waals surface area contributed by atoms with E-state index in [1.54, 1.807) is 0 Å². The van der Waals surface area contributed by atoms with Crippen molar-refractivity contribution in [2.24, 2.45) is 11.8 Å². The largest absolute Gasteiger partial charge is 0.508 e. The summed E-state index contributed by atoms with van der Waals surface area (Å²) in [7, 11) is -3.50. The predicted molar refractivity (Wildman–Crippen MR) is 79.0 cm³/mol. The Hall–Kier alpha value is -1.07. The van der Waals surface area contributed by atoms with Gasteiger partial charge in [0.25, 0.3) is 0 Å². The molecule has 1 aromatic rings. The van der Waals surface area contributed by atoms with Gasteiger partial charge in [0.15, 0.2) is 0 Å². The van der Waals surface area contributed by atoms with Gasteiger partial charge in [-0.2, -0.15) is 0 Å². The Balaban J connectivity index is 1.84. The molecule has 1 aliphatic carbocycles. The summed E-state index contributed by atoms with van der Waals surface area (Å²) >= 11 is 0. The molecule has 2 rings (SSSR count). The maximum atomic E-state index is 12.1. The van der Waals surface area contributed by atoms with Gasteiger partial charge >= 0.3 is 0 Å². The van der Waals surface area contributed by atoms with Crippen molar-refractivity contribution in [1.82, 2.24) is 4.72 Å². The zero-order chi connectivity index (χ0) is 14.6. The first-order chi connectivity index (χ1) is 9.47. The van der Waals surface area contributed by atoms with Crippen LogP contribution in [0.3, 0.4) is 0 Å². The summed E-state index contributed by atoms with van der Waals surface area (Å²) in [5, 5.41) is 9.34. The highest BCUT2D eigenvalue weighted by atomic mass is 32.2. The molecule has 1 fully saturated rings. The molecule has 1 aliphatic rings. The van der Waals surface area contributed by atoms with Gasteiger partial charge in [-0.3, -0.25) is 0 Å². The van der Waals surface area contributed by atoms with E-state index in [9.17, 15) is 13.5 Å². The molecule has 1 saturated carbocycles. The minimum absolute atomic E-state index is 0.0332. The van der Waals surface area contributed by atoms with Gasteiger partial charge < -0.3 is 5.11 Å². The van der Waals surface area contributed by atoms with Gasteiger partial charge in [-0.05, 0) is 36.5 Å². The minimum Gasteiger partial charge on any atom is -0.508 e. The zero-order valence-corrected chi connectivity index (χ0v) is 12.7. The Morgan fingerprint density at radius 3 is 2.60 bits per heavy atom. The van der Waals surface area contributed by atoms with Crippen LogP contribution in [0.5, 0.6) is 5.75 Å². The summed E-state index contributed by atoms with van der Waals surface area (Å²) < 4.78 is 26.7. The van der Waals surface area contributed by atoms with Gasteiger partial charge in [-0.25, -0.2) is 13.1 Å². The first-order valence-corrected chi connectivity index (χ1v) is 8.74. The summed E-state index contributed by atoms with van der Waals surface area (Å²) in [6.45, 7) is 2.75. The molecule has 0 spiro atoms. The summed E-state index contributed by atoms with van der Waals surface area (Å²) in [5.74, 6) is 1.42. The topological polar surface area (TPSA) is 66.4 Å². The maximum Gasteiger partial charge on any atom is 0.240 e. The average molecular weight is 297 g/mol. The molecule has 0 atom stereocenters. The van der Waals surface area contributed by atoms with Crippen LogP contribution < -0.4 is 4.72 Å². The van der Waals surface area contributed by atoms with E-state index in [1.165, 1.54) is 49.9 Å². The van der Waals surface area contributed by atoms with E-state index in [2.05, 4.69) is 11.6 Å². The van der Waals surface area contributed by atoms with Crippen LogP contribution in [0.15, 0.2) is 29.2 Å². The fraction of sp³-hybridized carbons (Fsp3) is 0.600. The van der Waals surface area contributed by atoms with Crippen molar-refractivity contribution < 1.29 is 13.5 Å². The molecule has 0 aliphatic heterocycles. The number of benzene rings is 1. The molecule has 1 aromatic carbocycles. The minimum atomic E-state index is -3.50. The van der Waals surface area contributed by atoms with Crippen LogP contribution >= 0.6 is 0 Å². The van der Waals surface area contributed by atoms with Gasteiger partial charge in [0, 0.05) is 6.54 Å². The number of aromatic hydroxyl groups is 1. The molecule has 0 amide bonds. The molecule has 0 aromatic heterocycles. The first kappa shape index (κ1) is 15.3. The third-order valence-electron chi connectivity index (χ3n) is 4.11. The number of rotatable bonds is 5. The van der Waals surface area contributed by atoms with Gasteiger partial charge in [-0.1, -0.05) is 38.7 Å². The molecule has 0 bridgehead atoms. The van der Waals surface area contributed by atoms with Crippen LogP contribution in [-0.2, 0) is 10.0 Å². The molecular weight excluding hydrogens is 274 g/mol. The van der Waals surface area contributed by atoms with Crippen molar-refractivity contribution in [3.8, 4) is 5.75 Å². The highest BCUT2D eigenvalue weighted by Crippen LogP contribution is 2.30. The van der Waals surface area contributed by atoms with E-state index >= 15 is 0 Å². The number of sulfonamides is 1. The number of phenols is 1. The third kappa shape index (κ3) is 4.21. The van der Waals surface area contributed by atoms with Crippen LogP contribution in [0, 0.1) is 11.8 Å². The Morgan fingerprint density at radius 2 is 1.95 bits per heavy atom. The number of phenolic OH excluding ortho intramolecular Hbond substituents is 1. The Bertz CT molecular complexity index is 534. The van der Waals surface area contributed by atoms with Crippen molar-refractivity contribution in [2.75, 3.05) is 6.54 Å². The molecule has 2 N–H and O–H groups in total. The van der Waals surface area contributed by atoms with E-state index in [4.69, 9.17) is 0 Å². The fourth-order valence-corrected chi connectivity index (χ4v) is 3.84. The second kappa shape index (κ2) is 6.59. The second-order valence-corrected chi connectivity index (χ2v) is 7.58. The standard InChI is InChI=1S/C15H23NO3S/c1-12-5-7-13(8-6-12)9-10-16-20(18,19)15-4-2-3-14(17)11-15/h2-4,11-13,16-17H,5-10H2,1H3. The molecule has 0 radical (unpaired) electrons. The van der Waals surface area contributed by atoms with Crippen LogP contribution in [0.25, 0.3) is 0 Å². The highest BCUT2D eigenvalue weighted by molar-refractivity contribution is 7.89. The second-order valence-electron chi connectivity index (χ2n) is 5.81. The molecule has 0 unspecified atom stereocenters. The lowest BCUT2D eigenvalue weighted by atomic mass is 9.81. The molecule has 4 nitrogen and oxygen atoms in total. The van der Waals surface area contributed by atoms with Gasteiger partial charge in [0.1, 0.15) is 5.75 Å². The van der Waals surface area contributed by atoms with E-state index in [0.29, 0.717) is 12.5 Å². The van der Waals surface area contributed by atoms with Crippen LogP contribution in [-0.4, -0.2) is 20.1 Å². The van der Waals surface area contributed by atoms with Gasteiger partial charge in [0.05, 0.1) is 4.90 Å². The molecule has 5 heteroatoms. The van der Waals surface area contributed by atoms with Crippen molar-refractivity contribution in [1.29, 1.82) is 0 Å². The lowest BCUT2D eigenvalue weighted by Crippen LogP contribution is -2.27.